The van der Waals surface area contributed by atoms with E-state index in [1.54, 1.807) is 0 Å². The van der Waals surface area contributed by atoms with Crippen LogP contribution in [0.15, 0.2) is 11.1 Å². The number of aliphatic hydroxyl groups is 5. The smallest absolute Gasteiger partial charge is 0.0986 e. The zero-order valence-corrected chi connectivity index (χ0v) is 22.5. The minimum Gasteiger partial charge on any atom is -0.393 e. The molecule has 12 atom stereocenters. The van der Waals surface area contributed by atoms with Gasteiger partial charge < -0.3 is 25.5 Å². The minimum atomic E-state index is -1.38. The average Bonchev–Trinajstić information content (AvgIpc) is 2.99. The van der Waals surface area contributed by atoms with Crippen molar-refractivity contribution in [1.29, 1.82) is 0 Å². The Hall–Kier alpha value is -0.460. The molecule has 0 heterocycles. The van der Waals surface area contributed by atoms with Gasteiger partial charge in [0.1, 0.15) is 0 Å². The van der Waals surface area contributed by atoms with Crippen LogP contribution in [0.3, 0.4) is 0 Å². The molecule has 5 heteroatoms. The zero-order chi connectivity index (χ0) is 25.4. The quantitative estimate of drug-likeness (QED) is 0.393. The Morgan fingerprint density at radius 3 is 2.26 bits per heavy atom. The molecule has 0 spiro atoms. The van der Waals surface area contributed by atoms with Crippen molar-refractivity contribution in [3.05, 3.63) is 11.1 Å². The van der Waals surface area contributed by atoms with Crippen LogP contribution in [0.25, 0.3) is 0 Å². The van der Waals surface area contributed by atoms with Crippen LogP contribution in [-0.2, 0) is 0 Å². The van der Waals surface area contributed by atoms with Crippen molar-refractivity contribution >= 4 is 0 Å². The van der Waals surface area contributed by atoms with Gasteiger partial charge in [-0.25, -0.2) is 0 Å². The number of allylic oxidation sites excluding steroid dienone is 1. The van der Waals surface area contributed by atoms with Gasteiger partial charge in [-0.2, -0.15) is 0 Å². The highest BCUT2D eigenvalue weighted by molar-refractivity contribution is 5.34. The summed E-state index contributed by atoms with van der Waals surface area (Å²) in [6.07, 6.45) is 1.30. The molecular formula is C29H50O5. The van der Waals surface area contributed by atoms with Crippen molar-refractivity contribution in [2.75, 3.05) is 0 Å². The standard InChI is InChI=1S/C29H50O5/c1-15(2)18(5)16(3)10-17(4)25-22(31)12-21-20-11-24(33)29(34)13-19(30)8-9-28(29,7)26(20)23(32)14-27(21,25)6/h15-16,18-24,26,30-34H,8-14H2,1-7H3/b25-17+/t16-,18-,19+,20+,21+,22-,23-,24-,26-,27+,28-,29+/m1/s1. The van der Waals surface area contributed by atoms with E-state index in [0.29, 0.717) is 49.9 Å². The summed E-state index contributed by atoms with van der Waals surface area (Å²) in [6.45, 7) is 15.6. The van der Waals surface area contributed by atoms with E-state index in [-0.39, 0.29) is 29.6 Å². The van der Waals surface area contributed by atoms with Crippen molar-refractivity contribution in [2.45, 2.75) is 123 Å². The topological polar surface area (TPSA) is 101 Å². The third-order valence-electron chi connectivity index (χ3n) is 11.6. The summed E-state index contributed by atoms with van der Waals surface area (Å²) < 4.78 is 0. The Bertz CT molecular complexity index is 808. The van der Waals surface area contributed by atoms with E-state index in [4.69, 9.17) is 0 Å². The first-order chi connectivity index (χ1) is 15.7. The van der Waals surface area contributed by atoms with Gasteiger partial charge in [0, 0.05) is 11.8 Å². The van der Waals surface area contributed by atoms with Gasteiger partial charge in [0.05, 0.1) is 30.0 Å². The van der Waals surface area contributed by atoms with E-state index < -0.39 is 35.4 Å². The largest absolute Gasteiger partial charge is 0.393 e. The van der Waals surface area contributed by atoms with Crippen LogP contribution in [0, 0.1) is 46.3 Å². The molecule has 0 unspecified atom stereocenters. The fourth-order valence-corrected chi connectivity index (χ4v) is 9.42. The number of fused-ring (bicyclic) bond motifs is 5. The van der Waals surface area contributed by atoms with Crippen molar-refractivity contribution < 1.29 is 25.5 Å². The van der Waals surface area contributed by atoms with Gasteiger partial charge >= 0.3 is 0 Å². The Labute approximate surface area is 206 Å². The molecule has 0 aromatic heterocycles. The first kappa shape index (κ1) is 26.6. The lowest BCUT2D eigenvalue weighted by molar-refractivity contribution is -0.279. The molecule has 0 radical (unpaired) electrons. The fraction of sp³-hybridized carbons (Fsp3) is 0.931. The van der Waals surface area contributed by atoms with Gasteiger partial charge in [0.15, 0.2) is 0 Å². The maximum Gasteiger partial charge on any atom is 0.0986 e. The van der Waals surface area contributed by atoms with Crippen LogP contribution in [0.5, 0.6) is 0 Å². The first-order valence-electron chi connectivity index (χ1n) is 13.8. The molecule has 4 aliphatic rings. The second-order valence-corrected chi connectivity index (χ2v) is 13.7. The molecule has 0 aromatic carbocycles. The van der Waals surface area contributed by atoms with Crippen molar-refractivity contribution in [1.82, 2.24) is 0 Å². The molecule has 5 nitrogen and oxygen atoms in total. The van der Waals surface area contributed by atoms with E-state index in [0.717, 1.165) is 12.0 Å². The lowest BCUT2D eigenvalue weighted by atomic mass is 9.42. The molecule has 4 saturated carbocycles. The van der Waals surface area contributed by atoms with Crippen LogP contribution in [0.1, 0.15) is 93.4 Å². The number of hydrogen-bond donors (Lipinski definition) is 5. The van der Waals surface area contributed by atoms with Gasteiger partial charge in [-0.15, -0.1) is 0 Å². The predicted octanol–water partition coefficient (Wildman–Crippen LogP) is 4.05. The number of hydrogen-bond acceptors (Lipinski definition) is 5. The third kappa shape index (κ3) is 3.75. The summed E-state index contributed by atoms with van der Waals surface area (Å²) in [5, 5.41) is 56.2. The van der Waals surface area contributed by atoms with Crippen LogP contribution < -0.4 is 0 Å². The highest BCUT2D eigenvalue weighted by atomic mass is 16.3. The van der Waals surface area contributed by atoms with Crippen LogP contribution >= 0.6 is 0 Å². The molecule has 0 amide bonds. The summed E-state index contributed by atoms with van der Waals surface area (Å²) in [4.78, 5) is 0. The van der Waals surface area contributed by atoms with Crippen LogP contribution in [-0.4, -0.2) is 55.5 Å². The molecule has 0 bridgehead atoms. The Kier molecular flexibility index (Phi) is 6.91. The summed E-state index contributed by atoms with van der Waals surface area (Å²) in [6, 6.07) is 0. The molecule has 0 aliphatic heterocycles. The van der Waals surface area contributed by atoms with Gasteiger partial charge in [0.25, 0.3) is 0 Å². The highest BCUT2D eigenvalue weighted by Crippen LogP contribution is 2.68. The van der Waals surface area contributed by atoms with E-state index >= 15 is 0 Å². The first-order valence-corrected chi connectivity index (χ1v) is 13.8. The Morgan fingerprint density at radius 2 is 1.65 bits per heavy atom. The lowest BCUT2D eigenvalue weighted by Crippen LogP contribution is -2.70. The Morgan fingerprint density at radius 1 is 1.00 bits per heavy atom. The normalized spacial score (nSPS) is 52.0. The SMILES string of the molecule is C/C(C[C@@H](C)[C@H](C)C(C)C)=C1/[C@H](O)C[C@H]2[C@@H]3C[C@@H](O)[C@@]4(O)C[C@@H](O)CC[C@]4(C)[C@H]3[C@H](O)C[C@]12C. The van der Waals surface area contributed by atoms with Gasteiger partial charge in [-0.3, -0.25) is 0 Å². The summed E-state index contributed by atoms with van der Waals surface area (Å²) in [5.74, 6) is 1.78. The molecule has 196 valence electrons. The molecular weight excluding hydrogens is 428 g/mol. The van der Waals surface area contributed by atoms with Crippen LogP contribution in [0.2, 0.25) is 0 Å². The zero-order valence-electron chi connectivity index (χ0n) is 22.5. The average molecular weight is 479 g/mol. The van der Waals surface area contributed by atoms with Crippen molar-refractivity contribution in [2.24, 2.45) is 46.3 Å². The lowest BCUT2D eigenvalue weighted by Gasteiger charge is -2.66. The van der Waals surface area contributed by atoms with Crippen molar-refractivity contribution in [3.63, 3.8) is 0 Å². The second-order valence-electron chi connectivity index (χ2n) is 13.7. The van der Waals surface area contributed by atoms with E-state index in [1.165, 1.54) is 5.57 Å². The van der Waals surface area contributed by atoms with Crippen molar-refractivity contribution in [3.8, 4) is 0 Å². The molecule has 4 aliphatic carbocycles. The summed E-state index contributed by atoms with van der Waals surface area (Å²) in [5.41, 5.74) is 0.0582. The van der Waals surface area contributed by atoms with Gasteiger partial charge in [-0.1, -0.05) is 47.1 Å². The highest BCUT2D eigenvalue weighted by Gasteiger charge is 2.69. The van der Waals surface area contributed by atoms with E-state index in [2.05, 4.69) is 41.5 Å². The van der Waals surface area contributed by atoms with Gasteiger partial charge in [-0.05, 0) is 91.9 Å². The van der Waals surface area contributed by atoms with Crippen LogP contribution in [0.4, 0.5) is 0 Å². The molecule has 5 N–H and O–H groups in total. The monoisotopic (exact) mass is 478 g/mol. The van der Waals surface area contributed by atoms with E-state index in [9.17, 15) is 25.5 Å². The molecule has 4 rings (SSSR count). The third-order valence-corrected chi connectivity index (χ3v) is 11.6. The number of rotatable bonds is 4. The summed E-state index contributed by atoms with van der Waals surface area (Å²) in [7, 11) is 0. The molecule has 34 heavy (non-hydrogen) atoms. The van der Waals surface area contributed by atoms with Gasteiger partial charge in [0.2, 0.25) is 0 Å². The minimum absolute atomic E-state index is 0.0382. The summed E-state index contributed by atoms with van der Waals surface area (Å²) >= 11 is 0. The fourth-order valence-electron chi connectivity index (χ4n) is 9.42. The number of aliphatic hydroxyl groups excluding tert-OH is 4. The second kappa shape index (κ2) is 8.83. The maximum atomic E-state index is 11.7. The van der Waals surface area contributed by atoms with E-state index in [1.807, 2.05) is 6.92 Å². The predicted molar refractivity (Wildman–Crippen MR) is 134 cm³/mol. The molecule has 0 saturated heterocycles. The molecule has 4 fully saturated rings. The Balaban J connectivity index is 1.69. The molecule has 0 aromatic rings. The maximum absolute atomic E-state index is 11.7.